The molecule has 1 aliphatic heterocycles. The van der Waals surface area contributed by atoms with Gasteiger partial charge in [0.15, 0.2) is 16.7 Å². The van der Waals surface area contributed by atoms with Crippen molar-refractivity contribution in [3.8, 4) is 0 Å². The molecule has 1 amide bonds. The van der Waals surface area contributed by atoms with Crippen LogP contribution in [-0.4, -0.2) is 68.8 Å². The fourth-order valence-electron chi connectivity index (χ4n) is 2.57. The minimum absolute atomic E-state index is 0.0116. The minimum Gasteiger partial charge on any atom is -0.469 e. The predicted octanol–water partition coefficient (Wildman–Crippen LogP) is 1.33. The van der Waals surface area contributed by atoms with Crippen LogP contribution < -0.4 is 0 Å². The second kappa shape index (κ2) is 10.0. The molecule has 1 aliphatic rings. The number of thioether (sulfide) groups is 1. The molecule has 1 atom stereocenters. The van der Waals surface area contributed by atoms with Crippen molar-refractivity contribution in [1.29, 1.82) is 0 Å². The Hall–Kier alpha value is -2.95. The van der Waals surface area contributed by atoms with Crippen LogP contribution in [0.15, 0.2) is 24.0 Å². The number of aliphatic imine (C=N–C) groups is 1. The summed E-state index contributed by atoms with van der Waals surface area (Å²) in [5.74, 6) is -1.67. The highest BCUT2D eigenvalue weighted by Gasteiger charge is 2.39. The molecule has 10 nitrogen and oxygen atoms in total. The molecule has 0 aliphatic carbocycles. The van der Waals surface area contributed by atoms with Crippen LogP contribution in [0.3, 0.4) is 0 Å². The first kappa shape index (κ1) is 22.3. The lowest BCUT2D eigenvalue weighted by Gasteiger charge is -2.13. The zero-order valence-electron chi connectivity index (χ0n) is 16.4. The van der Waals surface area contributed by atoms with E-state index in [2.05, 4.69) is 21.3 Å². The number of ether oxygens (including phenoxy) is 2. The number of esters is 2. The van der Waals surface area contributed by atoms with Gasteiger partial charge in [0.05, 0.1) is 33.0 Å². The molecular weight excluding hydrogens is 400 g/mol. The molecule has 156 valence electrons. The molecule has 1 fully saturated rings. The summed E-state index contributed by atoms with van der Waals surface area (Å²) in [6, 6.07) is 0. The first-order chi connectivity index (χ1) is 13.8. The topological polar surface area (TPSA) is 120 Å². The van der Waals surface area contributed by atoms with Crippen LogP contribution in [0, 0.1) is 0 Å². The molecule has 1 unspecified atom stereocenters. The third-order valence-electron chi connectivity index (χ3n) is 3.79. The van der Waals surface area contributed by atoms with E-state index in [1.54, 1.807) is 6.92 Å². The number of hydrogen-bond acceptors (Lipinski definition) is 9. The van der Waals surface area contributed by atoms with Crippen LogP contribution in [0.25, 0.3) is 0 Å². The second-order valence-electron chi connectivity index (χ2n) is 5.99. The van der Waals surface area contributed by atoms with Gasteiger partial charge >= 0.3 is 11.9 Å². The highest BCUT2D eigenvalue weighted by molar-refractivity contribution is 8.15. The van der Waals surface area contributed by atoms with Gasteiger partial charge in [-0.1, -0.05) is 17.8 Å². The van der Waals surface area contributed by atoms with Gasteiger partial charge in [0.2, 0.25) is 5.91 Å². The van der Waals surface area contributed by atoms with Crippen molar-refractivity contribution in [2.24, 2.45) is 4.99 Å². The molecule has 0 aromatic carbocycles. The Balaban J connectivity index is 2.44. The molecule has 1 aromatic rings. The molecule has 29 heavy (non-hydrogen) atoms. The van der Waals surface area contributed by atoms with Crippen molar-refractivity contribution in [1.82, 2.24) is 14.5 Å². The van der Waals surface area contributed by atoms with E-state index in [4.69, 9.17) is 4.74 Å². The lowest BCUT2D eigenvalue weighted by molar-refractivity contribution is -0.142. The zero-order chi connectivity index (χ0) is 21.6. The van der Waals surface area contributed by atoms with E-state index in [1.165, 1.54) is 35.9 Å². The quantitative estimate of drug-likeness (QED) is 0.432. The number of ketones is 1. The summed E-state index contributed by atoms with van der Waals surface area (Å²) in [6.45, 7) is 6.91. The lowest BCUT2D eigenvalue weighted by Crippen LogP contribution is -2.33. The van der Waals surface area contributed by atoms with Gasteiger partial charge in [-0.25, -0.2) is 14.8 Å². The molecule has 11 heteroatoms. The van der Waals surface area contributed by atoms with E-state index in [0.717, 1.165) is 11.8 Å². The molecule has 2 rings (SSSR count). The maximum absolute atomic E-state index is 12.6. The van der Waals surface area contributed by atoms with E-state index >= 15 is 0 Å². The molecular formula is C18H22N4O6S. The lowest BCUT2D eigenvalue weighted by atomic mass is 10.2. The summed E-state index contributed by atoms with van der Waals surface area (Å²) in [5.41, 5.74) is 0.0116. The SMILES string of the molecule is C=CCN1C(=O)C(CC(=O)OC)S/C1=N/c1ncn(CC(C)=O)c1C(=O)OCC. The van der Waals surface area contributed by atoms with Gasteiger partial charge in [0, 0.05) is 6.54 Å². The van der Waals surface area contributed by atoms with Gasteiger partial charge in [-0.15, -0.1) is 6.58 Å². The summed E-state index contributed by atoms with van der Waals surface area (Å²) in [5, 5.41) is -0.436. The molecule has 0 saturated carbocycles. The van der Waals surface area contributed by atoms with Crippen LogP contribution in [0.5, 0.6) is 0 Å². The number of rotatable bonds is 9. The van der Waals surface area contributed by atoms with Crippen LogP contribution in [-0.2, 0) is 30.4 Å². The molecule has 1 aromatic heterocycles. The Morgan fingerprint density at radius 1 is 1.41 bits per heavy atom. The van der Waals surface area contributed by atoms with Gasteiger partial charge in [-0.05, 0) is 13.8 Å². The normalized spacial score (nSPS) is 17.5. The molecule has 2 heterocycles. The average Bonchev–Trinajstić information content (AvgIpc) is 3.17. The molecule has 0 N–H and O–H groups in total. The highest BCUT2D eigenvalue weighted by Crippen LogP contribution is 2.32. The third kappa shape index (κ3) is 5.31. The summed E-state index contributed by atoms with van der Waals surface area (Å²) in [7, 11) is 1.25. The summed E-state index contributed by atoms with van der Waals surface area (Å²) >= 11 is 1.07. The van der Waals surface area contributed by atoms with Crippen molar-refractivity contribution in [3.63, 3.8) is 0 Å². The van der Waals surface area contributed by atoms with E-state index in [1.807, 2.05) is 0 Å². The minimum atomic E-state index is -0.702. The Morgan fingerprint density at radius 3 is 2.72 bits per heavy atom. The van der Waals surface area contributed by atoms with Crippen molar-refractivity contribution >= 4 is 46.4 Å². The number of Topliss-reactive ketones (excluding diaryl/α,β-unsaturated/α-hetero) is 1. The van der Waals surface area contributed by atoms with Gasteiger partial charge in [0.25, 0.3) is 0 Å². The number of carbonyl (C=O) groups excluding carboxylic acids is 4. The van der Waals surface area contributed by atoms with Crippen LogP contribution in [0.2, 0.25) is 0 Å². The van der Waals surface area contributed by atoms with Gasteiger partial charge in [-0.2, -0.15) is 0 Å². The first-order valence-corrected chi connectivity index (χ1v) is 9.66. The molecule has 0 radical (unpaired) electrons. The largest absolute Gasteiger partial charge is 0.469 e. The highest BCUT2D eigenvalue weighted by atomic mass is 32.2. The fourth-order valence-corrected chi connectivity index (χ4v) is 3.70. The third-order valence-corrected chi connectivity index (χ3v) is 4.97. The molecule has 1 saturated heterocycles. The van der Waals surface area contributed by atoms with Crippen molar-refractivity contribution in [3.05, 3.63) is 24.7 Å². The first-order valence-electron chi connectivity index (χ1n) is 8.78. The number of amidine groups is 1. The maximum atomic E-state index is 12.6. The number of methoxy groups -OCH3 is 1. The molecule has 0 bridgehead atoms. The summed E-state index contributed by atoms with van der Waals surface area (Å²) in [6.07, 6.45) is 2.73. The monoisotopic (exact) mass is 422 g/mol. The standard InChI is InChI=1S/C18H22N4O6S/c1-5-7-22-16(25)12(8-13(24)27-4)29-18(22)20-15-14(17(26)28-6-2)21(10-19-15)9-11(3)23/h5,10,12H,1,6-9H2,2-4H3/b20-18+. The van der Waals surface area contributed by atoms with Crippen LogP contribution in [0.4, 0.5) is 5.82 Å². The van der Waals surface area contributed by atoms with Crippen molar-refractivity contribution in [2.75, 3.05) is 20.3 Å². The van der Waals surface area contributed by atoms with Crippen LogP contribution >= 0.6 is 11.8 Å². The Labute approximate surface area is 172 Å². The number of imidazole rings is 1. The Morgan fingerprint density at radius 2 is 2.14 bits per heavy atom. The number of amides is 1. The number of hydrogen-bond donors (Lipinski definition) is 0. The van der Waals surface area contributed by atoms with E-state index in [9.17, 15) is 19.2 Å². The Kier molecular flexibility index (Phi) is 7.71. The maximum Gasteiger partial charge on any atom is 0.358 e. The second-order valence-corrected chi connectivity index (χ2v) is 7.16. The van der Waals surface area contributed by atoms with Crippen molar-refractivity contribution < 1.29 is 28.7 Å². The zero-order valence-corrected chi connectivity index (χ0v) is 17.2. The van der Waals surface area contributed by atoms with Crippen molar-refractivity contribution in [2.45, 2.75) is 32.1 Å². The average molecular weight is 422 g/mol. The van der Waals surface area contributed by atoms with E-state index in [-0.39, 0.29) is 54.5 Å². The van der Waals surface area contributed by atoms with Gasteiger partial charge in [0.1, 0.15) is 11.0 Å². The summed E-state index contributed by atoms with van der Waals surface area (Å²) < 4.78 is 11.0. The van der Waals surface area contributed by atoms with Gasteiger partial charge in [-0.3, -0.25) is 19.3 Å². The number of aromatic nitrogens is 2. The van der Waals surface area contributed by atoms with Crippen LogP contribution in [0.1, 0.15) is 30.8 Å². The number of carbonyl (C=O) groups is 4. The fraction of sp³-hybridized carbons (Fsp3) is 0.444. The van der Waals surface area contributed by atoms with Gasteiger partial charge < -0.3 is 14.0 Å². The number of nitrogens with zero attached hydrogens (tertiary/aromatic N) is 4. The smallest absolute Gasteiger partial charge is 0.358 e. The van der Waals surface area contributed by atoms with E-state index in [0.29, 0.717) is 0 Å². The predicted molar refractivity (Wildman–Crippen MR) is 106 cm³/mol. The van der Waals surface area contributed by atoms with E-state index < -0.39 is 17.2 Å². The molecule has 0 spiro atoms. The Bertz CT molecular complexity index is 863. The summed E-state index contributed by atoms with van der Waals surface area (Å²) in [4.78, 5) is 57.9.